The van der Waals surface area contributed by atoms with Gasteiger partial charge >= 0.3 is 0 Å². The van der Waals surface area contributed by atoms with Crippen molar-refractivity contribution in [2.75, 3.05) is 19.7 Å². The Morgan fingerprint density at radius 1 is 1.19 bits per heavy atom. The first-order valence-electron chi connectivity index (χ1n) is 5.91. The highest BCUT2D eigenvalue weighted by Gasteiger charge is 2.22. The first-order valence-corrected chi connectivity index (χ1v) is 5.91. The summed E-state index contributed by atoms with van der Waals surface area (Å²) in [6, 6.07) is 6.89. The van der Waals surface area contributed by atoms with Crippen LogP contribution in [-0.4, -0.2) is 29.7 Å². The molecule has 1 aliphatic heterocycles. The van der Waals surface area contributed by atoms with Gasteiger partial charge in [-0.15, -0.1) is 0 Å². The van der Waals surface area contributed by atoms with Gasteiger partial charge in [0.05, 0.1) is 0 Å². The number of benzene rings is 1. The van der Waals surface area contributed by atoms with Crippen LogP contribution < -0.4 is 0 Å². The van der Waals surface area contributed by atoms with Gasteiger partial charge in [-0.3, -0.25) is 4.90 Å². The van der Waals surface area contributed by atoms with Crippen molar-refractivity contribution in [2.24, 2.45) is 0 Å². The zero-order valence-corrected chi connectivity index (χ0v) is 9.40. The lowest BCUT2D eigenvalue weighted by atomic mass is 10.0. The largest absolute Gasteiger partial charge is 0.396 e. The molecule has 3 heteroatoms. The highest BCUT2D eigenvalue weighted by atomic mass is 19.1. The molecule has 1 heterocycles. The molecule has 1 saturated heterocycles. The summed E-state index contributed by atoms with van der Waals surface area (Å²) in [5, 5.41) is 9.11. The molecule has 1 atom stereocenters. The van der Waals surface area contributed by atoms with Crippen molar-refractivity contribution in [1.82, 2.24) is 4.90 Å². The zero-order valence-electron chi connectivity index (χ0n) is 9.40. The number of likely N-dealkylation sites (tertiary alicyclic amines) is 1. The summed E-state index contributed by atoms with van der Waals surface area (Å²) in [6.07, 6.45) is 3.18. The summed E-state index contributed by atoms with van der Waals surface area (Å²) in [6.45, 7) is 2.35. The van der Waals surface area contributed by atoms with E-state index < -0.39 is 0 Å². The molecule has 2 rings (SSSR count). The summed E-state index contributed by atoms with van der Waals surface area (Å²) >= 11 is 0. The SMILES string of the molecule is OCCC(c1ccc(F)cc1)N1CCCC1. The minimum atomic E-state index is -0.201. The Labute approximate surface area is 95.7 Å². The number of hydrogen-bond donors (Lipinski definition) is 1. The number of aliphatic hydroxyl groups excluding tert-OH is 1. The molecule has 1 aliphatic rings. The number of rotatable bonds is 4. The van der Waals surface area contributed by atoms with Crippen molar-refractivity contribution >= 4 is 0 Å². The highest BCUT2D eigenvalue weighted by Crippen LogP contribution is 2.27. The second-order valence-electron chi connectivity index (χ2n) is 4.32. The maximum Gasteiger partial charge on any atom is 0.123 e. The summed E-state index contributed by atoms with van der Waals surface area (Å²) < 4.78 is 12.9. The molecular formula is C13H18FNO. The third-order valence-electron chi connectivity index (χ3n) is 3.24. The molecule has 1 unspecified atom stereocenters. The zero-order chi connectivity index (χ0) is 11.4. The first kappa shape index (κ1) is 11.6. The predicted molar refractivity (Wildman–Crippen MR) is 61.7 cm³/mol. The van der Waals surface area contributed by atoms with E-state index in [1.165, 1.54) is 25.0 Å². The lowest BCUT2D eigenvalue weighted by Crippen LogP contribution is -2.26. The smallest absolute Gasteiger partial charge is 0.123 e. The van der Waals surface area contributed by atoms with Gasteiger partial charge in [-0.2, -0.15) is 0 Å². The van der Waals surface area contributed by atoms with E-state index in [-0.39, 0.29) is 18.5 Å². The van der Waals surface area contributed by atoms with Crippen LogP contribution in [0.25, 0.3) is 0 Å². The Bertz CT molecular complexity index is 319. The Kier molecular flexibility index (Phi) is 3.91. The van der Waals surface area contributed by atoms with Crippen LogP contribution in [0.15, 0.2) is 24.3 Å². The molecule has 1 fully saturated rings. The normalized spacial score (nSPS) is 18.9. The molecule has 2 nitrogen and oxygen atoms in total. The molecule has 0 bridgehead atoms. The molecule has 0 spiro atoms. The molecule has 16 heavy (non-hydrogen) atoms. The van der Waals surface area contributed by atoms with Crippen LogP contribution in [0.2, 0.25) is 0 Å². The van der Waals surface area contributed by atoms with Crippen LogP contribution in [0.5, 0.6) is 0 Å². The van der Waals surface area contributed by atoms with E-state index in [1.807, 2.05) is 12.1 Å². The fourth-order valence-corrected chi connectivity index (χ4v) is 2.42. The van der Waals surface area contributed by atoms with Crippen molar-refractivity contribution in [2.45, 2.75) is 25.3 Å². The van der Waals surface area contributed by atoms with Gasteiger partial charge in [-0.25, -0.2) is 4.39 Å². The summed E-state index contributed by atoms with van der Waals surface area (Å²) in [5.41, 5.74) is 1.11. The van der Waals surface area contributed by atoms with E-state index in [4.69, 9.17) is 5.11 Å². The molecule has 0 aliphatic carbocycles. The molecule has 1 N–H and O–H groups in total. The van der Waals surface area contributed by atoms with Gasteiger partial charge in [-0.1, -0.05) is 12.1 Å². The first-order chi connectivity index (χ1) is 7.81. The molecule has 88 valence electrons. The Morgan fingerprint density at radius 2 is 1.81 bits per heavy atom. The number of aliphatic hydroxyl groups is 1. The topological polar surface area (TPSA) is 23.5 Å². The Hall–Kier alpha value is -0.930. The Morgan fingerprint density at radius 3 is 2.38 bits per heavy atom. The van der Waals surface area contributed by atoms with E-state index in [2.05, 4.69) is 4.90 Å². The standard InChI is InChI=1S/C13H18FNO/c14-12-5-3-11(4-6-12)13(7-10-16)15-8-1-2-9-15/h3-6,13,16H,1-2,7-10H2. The van der Waals surface area contributed by atoms with Gasteiger partial charge in [0.25, 0.3) is 0 Å². The van der Waals surface area contributed by atoms with Crippen molar-refractivity contribution in [3.8, 4) is 0 Å². The lowest BCUT2D eigenvalue weighted by molar-refractivity contribution is 0.185. The number of halogens is 1. The van der Waals surface area contributed by atoms with Crippen LogP contribution in [0.3, 0.4) is 0 Å². The van der Waals surface area contributed by atoms with E-state index in [0.29, 0.717) is 0 Å². The number of nitrogens with zero attached hydrogens (tertiary/aromatic N) is 1. The maximum absolute atomic E-state index is 12.9. The van der Waals surface area contributed by atoms with Gasteiger partial charge in [0, 0.05) is 12.6 Å². The van der Waals surface area contributed by atoms with Crippen molar-refractivity contribution in [3.05, 3.63) is 35.6 Å². The lowest BCUT2D eigenvalue weighted by Gasteiger charge is -2.27. The van der Waals surface area contributed by atoms with Gasteiger partial charge in [0.1, 0.15) is 5.82 Å². The molecule has 0 saturated carbocycles. The minimum absolute atomic E-state index is 0.179. The van der Waals surface area contributed by atoms with Gasteiger partial charge in [0.2, 0.25) is 0 Å². The second-order valence-corrected chi connectivity index (χ2v) is 4.32. The van der Waals surface area contributed by atoms with Crippen molar-refractivity contribution < 1.29 is 9.50 Å². The van der Waals surface area contributed by atoms with E-state index >= 15 is 0 Å². The van der Waals surface area contributed by atoms with E-state index in [0.717, 1.165) is 25.1 Å². The molecule has 0 amide bonds. The number of hydrogen-bond acceptors (Lipinski definition) is 2. The average Bonchev–Trinajstić information content (AvgIpc) is 2.81. The second kappa shape index (κ2) is 5.41. The molecular weight excluding hydrogens is 205 g/mol. The van der Waals surface area contributed by atoms with E-state index in [9.17, 15) is 4.39 Å². The fraction of sp³-hybridized carbons (Fsp3) is 0.538. The summed E-state index contributed by atoms with van der Waals surface area (Å²) in [7, 11) is 0. The van der Waals surface area contributed by atoms with Crippen LogP contribution in [0, 0.1) is 5.82 Å². The minimum Gasteiger partial charge on any atom is -0.396 e. The monoisotopic (exact) mass is 223 g/mol. The molecule has 1 aromatic carbocycles. The third-order valence-corrected chi connectivity index (χ3v) is 3.24. The van der Waals surface area contributed by atoms with Gasteiger partial charge in [0.15, 0.2) is 0 Å². The van der Waals surface area contributed by atoms with Crippen LogP contribution in [-0.2, 0) is 0 Å². The summed E-state index contributed by atoms with van der Waals surface area (Å²) in [5.74, 6) is -0.201. The highest BCUT2D eigenvalue weighted by molar-refractivity contribution is 5.20. The van der Waals surface area contributed by atoms with Crippen LogP contribution in [0.1, 0.15) is 30.9 Å². The third kappa shape index (κ3) is 2.60. The maximum atomic E-state index is 12.9. The van der Waals surface area contributed by atoms with E-state index in [1.54, 1.807) is 0 Å². The quantitative estimate of drug-likeness (QED) is 0.847. The van der Waals surface area contributed by atoms with Gasteiger partial charge < -0.3 is 5.11 Å². The molecule has 0 radical (unpaired) electrons. The average molecular weight is 223 g/mol. The van der Waals surface area contributed by atoms with Crippen LogP contribution >= 0.6 is 0 Å². The fourth-order valence-electron chi connectivity index (χ4n) is 2.42. The summed E-state index contributed by atoms with van der Waals surface area (Å²) in [4.78, 5) is 2.38. The predicted octanol–water partition coefficient (Wildman–Crippen LogP) is 2.35. The van der Waals surface area contributed by atoms with Crippen molar-refractivity contribution in [1.29, 1.82) is 0 Å². The van der Waals surface area contributed by atoms with Crippen molar-refractivity contribution in [3.63, 3.8) is 0 Å². The Balaban J connectivity index is 2.14. The molecule has 1 aromatic rings. The van der Waals surface area contributed by atoms with Crippen LogP contribution in [0.4, 0.5) is 4.39 Å². The molecule has 0 aromatic heterocycles. The van der Waals surface area contributed by atoms with Gasteiger partial charge in [-0.05, 0) is 50.0 Å².